The summed E-state index contributed by atoms with van der Waals surface area (Å²) >= 11 is 0. The molecule has 2 aliphatic carbocycles. The molecule has 13 nitrogen and oxygen atoms in total. The van der Waals surface area contributed by atoms with Gasteiger partial charge in [-0.15, -0.1) is 0 Å². The number of piperidine rings is 2. The smallest absolute Gasteiger partial charge is 0.746 e. The Hall–Kier alpha value is -2.49. The van der Waals surface area contributed by atoms with Gasteiger partial charge in [-0.1, -0.05) is 45.2 Å². The number of amides is 4. The van der Waals surface area contributed by atoms with Crippen molar-refractivity contribution >= 4 is 44.6 Å². The van der Waals surface area contributed by atoms with Crippen LogP contribution in [0, 0.1) is 36.0 Å². The number of likely N-dealkylation sites (tertiary alicyclic amines) is 1. The van der Waals surface area contributed by atoms with Gasteiger partial charge in [0.25, 0.3) is 5.91 Å². The van der Waals surface area contributed by atoms with E-state index < -0.39 is 51.4 Å². The number of carbonyl (C=O) groups is 4. The van der Waals surface area contributed by atoms with Crippen molar-refractivity contribution < 1.29 is 66.8 Å². The number of nitrogens with one attached hydrogen (secondary N) is 4. The maximum atomic E-state index is 14.5. The van der Waals surface area contributed by atoms with Gasteiger partial charge in [0.05, 0.1) is 6.04 Å². The van der Waals surface area contributed by atoms with E-state index in [2.05, 4.69) is 20.9 Å². The molecule has 2 aromatic rings. The molecule has 2 saturated heterocycles. The number of aliphatic hydroxyl groups excluding tert-OH is 1. The van der Waals surface area contributed by atoms with Gasteiger partial charge in [-0.2, -0.15) is 0 Å². The molecule has 0 bridgehead atoms. The SMILES string of the molecule is Cc1cccc2[nH]c(C(=O)N[C@H](C(=O)N3C[C@H]4[C@@H]([C@H]3C(=O)N[C@@H](C[C@@H]3CCCNC3=O)C(O)S(=O)(=O)[O-])C4(C)C)C3CCCCC3)cc12.[Na+]. The average molecular weight is 708 g/mol. The number of aliphatic hydroxyl groups is 1. The van der Waals surface area contributed by atoms with Crippen molar-refractivity contribution in [2.24, 2.45) is 29.1 Å². The predicted molar refractivity (Wildman–Crippen MR) is 175 cm³/mol. The second-order valence-electron chi connectivity index (χ2n) is 14.8. The van der Waals surface area contributed by atoms with Gasteiger partial charge < -0.3 is 35.5 Å². The minimum Gasteiger partial charge on any atom is -0.746 e. The van der Waals surface area contributed by atoms with E-state index in [1.165, 1.54) is 4.90 Å². The first kappa shape index (κ1) is 37.8. The van der Waals surface area contributed by atoms with Gasteiger partial charge in [0.15, 0.2) is 5.44 Å². The molecular weight excluding hydrogens is 661 g/mol. The second-order valence-corrected chi connectivity index (χ2v) is 16.3. The molecule has 4 amide bonds. The first-order valence-electron chi connectivity index (χ1n) is 17.1. The zero-order valence-corrected chi connectivity index (χ0v) is 31.5. The van der Waals surface area contributed by atoms with Crippen molar-refractivity contribution in [1.29, 1.82) is 0 Å². The van der Waals surface area contributed by atoms with Crippen LogP contribution in [0.15, 0.2) is 24.3 Å². The molecule has 49 heavy (non-hydrogen) atoms. The quantitative estimate of drug-likeness (QED) is 0.151. The monoisotopic (exact) mass is 707 g/mol. The second kappa shape index (κ2) is 14.6. The number of aromatic amines is 1. The van der Waals surface area contributed by atoms with Crippen molar-refractivity contribution in [1.82, 2.24) is 25.8 Å². The van der Waals surface area contributed by atoms with Gasteiger partial charge in [0, 0.05) is 29.9 Å². The van der Waals surface area contributed by atoms with Crippen LogP contribution in [0.25, 0.3) is 10.9 Å². The molecular formula is C34H46N5NaO8S. The molecule has 2 aliphatic heterocycles. The third kappa shape index (κ3) is 7.59. The zero-order valence-electron chi connectivity index (χ0n) is 28.7. The third-order valence-electron chi connectivity index (χ3n) is 11.5. The fraction of sp³-hybridized carbons (Fsp3) is 0.647. The number of hydrogen-bond acceptors (Lipinski definition) is 8. The van der Waals surface area contributed by atoms with E-state index in [0.29, 0.717) is 25.1 Å². The van der Waals surface area contributed by atoms with Crippen LogP contribution in [-0.2, 0) is 24.5 Å². The van der Waals surface area contributed by atoms with Crippen LogP contribution in [0.2, 0.25) is 0 Å². The summed E-state index contributed by atoms with van der Waals surface area (Å²) in [4.78, 5) is 59.5. The van der Waals surface area contributed by atoms with E-state index in [-0.39, 0.29) is 77.5 Å². The molecule has 0 spiro atoms. The van der Waals surface area contributed by atoms with E-state index in [1.54, 1.807) is 6.07 Å². The largest absolute Gasteiger partial charge is 1.00 e. The molecule has 4 aliphatic rings. The van der Waals surface area contributed by atoms with Crippen LogP contribution in [-0.4, -0.2) is 88.2 Å². The number of H-pyrrole nitrogens is 1. The number of rotatable bonds is 10. The summed E-state index contributed by atoms with van der Waals surface area (Å²) in [5, 5.41) is 19.8. The van der Waals surface area contributed by atoms with Crippen molar-refractivity contribution in [2.45, 2.75) is 95.7 Å². The van der Waals surface area contributed by atoms with Crippen molar-refractivity contribution in [2.75, 3.05) is 13.1 Å². The van der Waals surface area contributed by atoms with Crippen LogP contribution in [0.5, 0.6) is 0 Å². The molecule has 3 heterocycles. The van der Waals surface area contributed by atoms with E-state index in [1.807, 2.05) is 39.0 Å². The summed E-state index contributed by atoms with van der Waals surface area (Å²) in [5.41, 5.74) is -0.615. The maximum Gasteiger partial charge on any atom is 1.00 e. The normalized spacial score (nSPS) is 26.9. The van der Waals surface area contributed by atoms with Crippen LogP contribution in [0.1, 0.15) is 81.3 Å². The van der Waals surface area contributed by atoms with Gasteiger partial charge in [-0.25, -0.2) is 8.42 Å². The molecule has 5 N–H and O–H groups in total. The van der Waals surface area contributed by atoms with Crippen molar-refractivity contribution in [3.63, 3.8) is 0 Å². The Bertz CT molecular complexity index is 1710. The Morgan fingerprint density at radius 2 is 1.82 bits per heavy atom. The van der Waals surface area contributed by atoms with Gasteiger partial charge in [-0.3, -0.25) is 19.2 Å². The Labute approximate surface area is 309 Å². The first-order valence-corrected chi connectivity index (χ1v) is 18.6. The number of carbonyl (C=O) groups excluding carboxylic acids is 4. The Kier molecular flexibility index (Phi) is 11.3. The molecule has 262 valence electrons. The third-order valence-corrected chi connectivity index (χ3v) is 12.4. The number of aryl methyl sites for hydroxylation is 1. The fourth-order valence-electron chi connectivity index (χ4n) is 8.57. The van der Waals surface area contributed by atoms with Crippen LogP contribution in [0.3, 0.4) is 0 Å². The maximum absolute atomic E-state index is 14.5. The van der Waals surface area contributed by atoms with Crippen LogP contribution < -0.4 is 45.5 Å². The summed E-state index contributed by atoms with van der Waals surface area (Å²) in [5.74, 6) is -2.93. The molecule has 7 atom stereocenters. The molecule has 2 saturated carbocycles. The van der Waals surface area contributed by atoms with Crippen molar-refractivity contribution in [3.8, 4) is 0 Å². The molecule has 15 heteroatoms. The summed E-state index contributed by atoms with van der Waals surface area (Å²) in [6, 6.07) is 4.05. The summed E-state index contributed by atoms with van der Waals surface area (Å²) < 4.78 is 35.8. The summed E-state index contributed by atoms with van der Waals surface area (Å²) in [6.45, 7) is 6.70. The fourth-order valence-corrected chi connectivity index (χ4v) is 9.15. The van der Waals surface area contributed by atoms with Gasteiger partial charge in [0.2, 0.25) is 17.7 Å². The molecule has 0 radical (unpaired) electrons. The Balaban J connectivity index is 0.00000468. The van der Waals surface area contributed by atoms with Gasteiger partial charge in [-0.05, 0) is 79.9 Å². The van der Waals surface area contributed by atoms with Crippen LogP contribution in [0.4, 0.5) is 0 Å². The number of aromatic nitrogens is 1. The average Bonchev–Trinajstić information content (AvgIpc) is 3.42. The zero-order chi connectivity index (χ0) is 34.5. The van der Waals surface area contributed by atoms with Crippen LogP contribution >= 0.6 is 0 Å². The minimum absolute atomic E-state index is 0. The molecule has 1 aromatic carbocycles. The van der Waals surface area contributed by atoms with Gasteiger partial charge in [0.1, 0.15) is 27.9 Å². The minimum atomic E-state index is -5.25. The first-order chi connectivity index (χ1) is 22.7. The topological polar surface area (TPSA) is 201 Å². The number of hydrogen-bond donors (Lipinski definition) is 5. The van der Waals surface area contributed by atoms with E-state index in [9.17, 15) is 37.3 Å². The predicted octanol–water partition coefficient (Wildman–Crippen LogP) is -1.09. The van der Waals surface area contributed by atoms with E-state index >= 15 is 0 Å². The standard InChI is InChI=1S/C34H47N5O8S.Na/c1-18-9-7-13-23-21(18)16-24(36-23)30(41)38-27(19-10-5-4-6-11-19)32(43)39-17-22-26(34(22,2)3)28(39)31(42)37-25(33(44)48(45,46)47)15-20-12-8-14-35-29(20)40;/h7,9,13,16,19-20,22,25-28,33,36,44H,4-6,8,10-12,14-15,17H2,1-3H3,(H,35,40)(H,37,42)(H,38,41)(H,45,46,47);/q;+1/p-1/t20-,22-,25-,26-,27-,28-,33?;/m0./s1. The van der Waals surface area contributed by atoms with Gasteiger partial charge >= 0.3 is 29.6 Å². The molecule has 6 rings (SSSR count). The molecule has 4 fully saturated rings. The van der Waals surface area contributed by atoms with E-state index in [4.69, 9.17) is 0 Å². The number of nitrogens with zero attached hydrogens (tertiary/aromatic N) is 1. The molecule has 1 unspecified atom stereocenters. The Morgan fingerprint density at radius 1 is 1.10 bits per heavy atom. The summed E-state index contributed by atoms with van der Waals surface area (Å²) in [6.07, 6.45) is 5.14. The van der Waals surface area contributed by atoms with E-state index in [0.717, 1.165) is 48.6 Å². The Morgan fingerprint density at radius 3 is 2.47 bits per heavy atom. The number of benzene rings is 1. The van der Waals surface area contributed by atoms with Crippen molar-refractivity contribution in [3.05, 3.63) is 35.5 Å². The summed E-state index contributed by atoms with van der Waals surface area (Å²) in [7, 11) is -5.25. The number of fused-ring (bicyclic) bond motifs is 2. The molecule has 1 aromatic heterocycles.